The lowest BCUT2D eigenvalue weighted by atomic mass is 9.99. The van der Waals surface area contributed by atoms with Crippen LogP contribution in [0.2, 0.25) is 5.02 Å². The van der Waals surface area contributed by atoms with Gasteiger partial charge in [0, 0.05) is 23.3 Å². The highest BCUT2D eigenvalue weighted by Gasteiger charge is 2.25. The van der Waals surface area contributed by atoms with Crippen molar-refractivity contribution in [1.29, 1.82) is 0 Å². The zero-order valence-electron chi connectivity index (χ0n) is 12.9. The normalized spacial score (nSPS) is 17.0. The van der Waals surface area contributed by atoms with E-state index in [1.54, 1.807) is 0 Å². The second-order valence-electron chi connectivity index (χ2n) is 5.72. The molecule has 116 valence electrons. The molecule has 4 nitrogen and oxygen atoms in total. The fourth-order valence-corrected chi connectivity index (χ4v) is 3.33. The fraction of sp³-hybridized carbons (Fsp3) is 0.562. The number of rotatable bonds is 4. The molecule has 0 saturated carbocycles. The second kappa shape index (κ2) is 6.67. The molecule has 0 radical (unpaired) electrons. The Balaban J connectivity index is 2.36. The highest BCUT2D eigenvalue weighted by molar-refractivity contribution is 6.31. The summed E-state index contributed by atoms with van der Waals surface area (Å²) in [7, 11) is 2.14. The van der Waals surface area contributed by atoms with E-state index < -0.39 is 5.97 Å². The van der Waals surface area contributed by atoms with Crippen molar-refractivity contribution in [2.75, 3.05) is 31.6 Å². The van der Waals surface area contributed by atoms with E-state index in [1.807, 2.05) is 13.0 Å². The van der Waals surface area contributed by atoms with Gasteiger partial charge in [0.15, 0.2) is 0 Å². The van der Waals surface area contributed by atoms with Crippen molar-refractivity contribution in [1.82, 2.24) is 4.90 Å². The molecule has 1 aliphatic rings. The van der Waals surface area contributed by atoms with E-state index in [9.17, 15) is 9.90 Å². The molecule has 0 unspecified atom stereocenters. The van der Waals surface area contributed by atoms with Crippen molar-refractivity contribution in [2.45, 2.75) is 32.7 Å². The predicted molar refractivity (Wildman–Crippen MR) is 86.7 cm³/mol. The first kappa shape index (κ1) is 16.1. The number of hydrogen-bond acceptors (Lipinski definition) is 3. The number of carboxylic acids is 1. The average Bonchev–Trinajstić information content (AvgIpc) is 2.44. The number of aromatic carboxylic acids is 1. The summed E-state index contributed by atoms with van der Waals surface area (Å²) in [4.78, 5) is 16.0. The van der Waals surface area contributed by atoms with Gasteiger partial charge in [0.2, 0.25) is 0 Å². The van der Waals surface area contributed by atoms with Gasteiger partial charge in [0.05, 0.1) is 5.56 Å². The number of piperidine rings is 1. The maximum Gasteiger partial charge on any atom is 0.336 e. The molecular formula is C16H23ClN2O2. The monoisotopic (exact) mass is 310 g/mol. The minimum absolute atomic E-state index is 0.295. The van der Waals surface area contributed by atoms with Crippen LogP contribution in [0, 0.1) is 6.92 Å². The van der Waals surface area contributed by atoms with Gasteiger partial charge in [0.1, 0.15) is 0 Å². The van der Waals surface area contributed by atoms with Gasteiger partial charge in [0.25, 0.3) is 0 Å². The molecule has 1 fully saturated rings. The maximum atomic E-state index is 11.4. The second-order valence-corrected chi connectivity index (χ2v) is 6.16. The van der Waals surface area contributed by atoms with Gasteiger partial charge in [-0.15, -0.1) is 0 Å². The summed E-state index contributed by atoms with van der Waals surface area (Å²) in [5.41, 5.74) is 2.05. The van der Waals surface area contributed by atoms with E-state index in [4.69, 9.17) is 11.6 Å². The minimum atomic E-state index is -0.921. The van der Waals surface area contributed by atoms with Crippen LogP contribution in [0.25, 0.3) is 0 Å². The molecule has 0 bridgehead atoms. The topological polar surface area (TPSA) is 43.8 Å². The molecule has 1 aromatic rings. The van der Waals surface area contributed by atoms with Crippen LogP contribution >= 0.6 is 11.6 Å². The molecule has 0 aromatic heterocycles. The molecule has 21 heavy (non-hydrogen) atoms. The van der Waals surface area contributed by atoms with Gasteiger partial charge in [-0.1, -0.05) is 11.6 Å². The predicted octanol–water partition coefficient (Wildman–Crippen LogP) is 3.27. The Morgan fingerprint density at radius 2 is 2.05 bits per heavy atom. The van der Waals surface area contributed by atoms with Crippen molar-refractivity contribution in [2.24, 2.45) is 0 Å². The van der Waals surface area contributed by atoms with Crippen LogP contribution in [0.4, 0.5) is 5.69 Å². The number of benzene rings is 1. The highest BCUT2D eigenvalue weighted by atomic mass is 35.5. The molecule has 1 heterocycles. The number of hydrogen-bond donors (Lipinski definition) is 1. The zero-order valence-corrected chi connectivity index (χ0v) is 13.7. The molecule has 1 aliphatic heterocycles. The minimum Gasteiger partial charge on any atom is -0.478 e. The Kier molecular flexibility index (Phi) is 5.12. The van der Waals surface area contributed by atoms with Crippen LogP contribution in [0.3, 0.4) is 0 Å². The molecule has 0 spiro atoms. The molecule has 5 heteroatoms. The van der Waals surface area contributed by atoms with E-state index >= 15 is 0 Å². The molecule has 1 N–H and O–H groups in total. The van der Waals surface area contributed by atoms with Crippen molar-refractivity contribution < 1.29 is 9.90 Å². The van der Waals surface area contributed by atoms with Gasteiger partial charge in [-0.25, -0.2) is 4.79 Å². The third-order valence-electron chi connectivity index (χ3n) is 4.35. The first-order valence-corrected chi connectivity index (χ1v) is 7.80. The number of carbonyl (C=O) groups is 1. The molecule has 1 aromatic carbocycles. The molecule has 2 rings (SSSR count). The summed E-state index contributed by atoms with van der Waals surface area (Å²) < 4.78 is 0. The van der Waals surface area contributed by atoms with Gasteiger partial charge in [-0.3, -0.25) is 0 Å². The van der Waals surface area contributed by atoms with Crippen LogP contribution in [0.1, 0.15) is 35.7 Å². The van der Waals surface area contributed by atoms with Gasteiger partial charge in [-0.2, -0.15) is 0 Å². The van der Waals surface area contributed by atoms with Gasteiger partial charge < -0.3 is 14.9 Å². The van der Waals surface area contributed by atoms with E-state index in [1.165, 1.54) is 6.07 Å². The molecular weight excluding hydrogens is 288 g/mol. The summed E-state index contributed by atoms with van der Waals surface area (Å²) in [5, 5.41) is 9.82. The van der Waals surface area contributed by atoms with Crippen LogP contribution in [0.5, 0.6) is 0 Å². The largest absolute Gasteiger partial charge is 0.478 e. The Morgan fingerprint density at radius 3 is 2.57 bits per heavy atom. The Hall–Kier alpha value is -1.26. The standard InChI is InChI=1S/C16H23ClN2O2/c1-4-19(13-5-7-18(3)8-6-13)15-10-12(17)9-14(11(15)2)16(20)21/h9-10,13H,4-8H2,1-3H3,(H,20,21). The summed E-state index contributed by atoms with van der Waals surface area (Å²) in [6.45, 7) is 6.99. The summed E-state index contributed by atoms with van der Waals surface area (Å²) >= 11 is 6.13. The van der Waals surface area contributed by atoms with Gasteiger partial charge >= 0.3 is 5.97 Å². The van der Waals surface area contributed by atoms with E-state index in [0.29, 0.717) is 16.6 Å². The summed E-state index contributed by atoms with van der Waals surface area (Å²) in [6.07, 6.45) is 2.19. The number of nitrogens with zero attached hydrogens (tertiary/aromatic N) is 2. The van der Waals surface area contributed by atoms with Crippen molar-refractivity contribution >= 4 is 23.3 Å². The quantitative estimate of drug-likeness (QED) is 0.927. The average molecular weight is 311 g/mol. The van der Waals surface area contributed by atoms with Crippen molar-refractivity contribution in [3.8, 4) is 0 Å². The van der Waals surface area contributed by atoms with Crippen LogP contribution in [-0.2, 0) is 0 Å². The fourth-order valence-electron chi connectivity index (χ4n) is 3.12. The molecule has 0 atom stereocenters. The third-order valence-corrected chi connectivity index (χ3v) is 4.57. The molecule has 1 saturated heterocycles. The van der Waals surface area contributed by atoms with Crippen LogP contribution in [0.15, 0.2) is 12.1 Å². The molecule has 0 amide bonds. The number of halogens is 1. The lowest BCUT2D eigenvalue weighted by Gasteiger charge is -2.39. The Bertz CT molecular complexity index is 525. The van der Waals surface area contributed by atoms with Gasteiger partial charge in [-0.05, 0) is 64.5 Å². The van der Waals surface area contributed by atoms with Crippen molar-refractivity contribution in [3.05, 3.63) is 28.3 Å². The maximum absolute atomic E-state index is 11.4. The third kappa shape index (κ3) is 3.50. The lowest BCUT2D eigenvalue weighted by Crippen LogP contribution is -2.44. The number of likely N-dealkylation sites (tertiary alicyclic amines) is 1. The lowest BCUT2D eigenvalue weighted by molar-refractivity contribution is 0.0696. The number of carboxylic acid groups (broad SMARTS) is 1. The van der Waals surface area contributed by atoms with Crippen molar-refractivity contribution in [3.63, 3.8) is 0 Å². The number of anilines is 1. The Labute approximate surface area is 131 Å². The van der Waals surface area contributed by atoms with Crippen LogP contribution < -0.4 is 4.90 Å². The van der Waals surface area contributed by atoms with E-state index in [-0.39, 0.29) is 0 Å². The van der Waals surface area contributed by atoms with Crippen LogP contribution in [-0.4, -0.2) is 48.7 Å². The first-order chi connectivity index (χ1) is 9.93. The van der Waals surface area contributed by atoms with E-state index in [0.717, 1.165) is 43.7 Å². The zero-order chi connectivity index (χ0) is 15.6. The summed E-state index contributed by atoms with van der Waals surface area (Å²) in [6, 6.07) is 3.88. The first-order valence-electron chi connectivity index (χ1n) is 7.42. The smallest absolute Gasteiger partial charge is 0.336 e. The summed E-state index contributed by atoms with van der Waals surface area (Å²) in [5.74, 6) is -0.921. The molecule has 0 aliphatic carbocycles. The SMILES string of the molecule is CCN(c1cc(Cl)cc(C(=O)O)c1C)C1CCN(C)CC1. The Morgan fingerprint density at radius 1 is 1.43 bits per heavy atom. The highest BCUT2D eigenvalue weighted by Crippen LogP contribution is 2.31. The van der Waals surface area contributed by atoms with E-state index in [2.05, 4.69) is 23.8 Å².